The molecule has 94 valence electrons. The van der Waals surface area contributed by atoms with Crippen molar-refractivity contribution < 1.29 is 14.7 Å². The summed E-state index contributed by atoms with van der Waals surface area (Å²) in [6.07, 6.45) is 7.87. The molecule has 0 amide bonds. The molecule has 1 saturated carbocycles. The van der Waals surface area contributed by atoms with Crippen LogP contribution in [-0.4, -0.2) is 26.5 Å². The van der Waals surface area contributed by atoms with Gasteiger partial charge in [0.25, 0.3) is 0 Å². The summed E-state index contributed by atoms with van der Waals surface area (Å²) in [4.78, 5) is 27.8. The molecule has 4 atom stereocenters. The molecule has 2 bridgehead atoms. The van der Waals surface area contributed by atoms with Crippen LogP contribution in [0.5, 0.6) is 0 Å². The summed E-state index contributed by atoms with van der Waals surface area (Å²) in [6.45, 7) is 1.75. The summed E-state index contributed by atoms with van der Waals surface area (Å²) in [6, 6.07) is 0. The first-order valence-corrected chi connectivity index (χ1v) is 6.05. The number of imidazole rings is 1. The van der Waals surface area contributed by atoms with E-state index in [-0.39, 0.29) is 17.7 Å². The third-order valence-electron chi connectivity index (χ3n) is 4.09. The fourth-order valence-corrected chi connectivity index (χ4v) is 3.27. The highest BCUT2D eigenvalue weighted by atomic mass is 16.4. The number of carboxylic acids is 1. The Morgan fingerprint density at radius 2 is 2.00 bits per heavy atom. The van der Waals surface area contributed by atoms with Gasteiger partial charge in [-0.3, -0.25) is 14.2 Å². The first-order valence-electron chi connectivity index (χ1n) is 6.05. The second-order valence-corrected chi connectivity index (χ2v) is 5.02. The minimum atomic E-state index is -0.872. The normalized spacial score (nSPS) is 32.9. The van der Waals surface area contributed by atoms with Gasteiger partial charge in [-0.05, 0) is 25.2 Å². The van der Waals surface area contributed by atoms with Gasteiger partial charge in [-0.15, -0.1) is 0 Å². The maximum absolute atomic E-state index is 12.5. The van der Waals surface area contributed by atoms with E-state index in [1.54, 1.807) is 19.3 Å². The van der Waals surface area contributed by atoms with Crippen LogP contribution in [0.15, 0.2) is 24.5 Å². The molecule has 0 aliphatic heterocycles. The van der Waals surface area contributed by atoms with Crippen LogP contribution in [0.25, 0.3) is 0 Å². The average molecular weight is 246 g/mol. The lowest BCUT2D eigenvalue weighted by molar-refractivity contribution is -0.143. The maximum Gasteiger partial charge on any atom is 0.307 e. The summed E-state index contributed by atoms with van der Waals surface area (Å²) in [7, 11) is 0. The summed E-state index contributed by atoms with van der Waals surface area (Å²) >= 11 is 0. The van der Waals surface area contributed by atoms with E-state index in [9.17, 15) is 14.7 Å². The molecule has 1 aromatic rings. The van der Waals surface area contributed by atoms with Gasteiger partial charge >= 0.3 is 5.97 Å². The van der Waals surface area contributed by atoms with Gasteiger partial charge in [0.15, 0.2) is 0 Å². The molecule has 0 aromatic carbocycles. The zero-order valence-electron chi connectivity index (χ0n) is 9.98. The van der Waals surface area contributed by atoms with Gasteiger partial charge in [0.1, 0.15) is 5.82 Å². The van der Waals surface area contributed by atoms with Crippen molar-refractivity contribution in [2.24, 2.45) is 23.7 Å². The molecule has 1 fully saturated rings. The topological polar surface area (TPSA) is 72.2 Å². The van der Waals surface area contributed by atoms with Crippen molar-refractivity contribution >= 4 is 11.9 Å². The van der Waals surface area contributed by atoms with Crippen molar-refractivity contribution in [3.63, 3.8) is 0 Å². The van der Waals surface area contributed by atoms with Crippen LogP contribution in [0, 0.1) is 30.6 Å². The van der Waals surface area contributed by atoms with Crippen molar-refractivity contribution in [3.05, 3.63) is 30.4 Å². The van der Waals surface area contributed by atoms with E-state index < -0.39 is 17.8 Å². The van der Waals surface area contributed by atoms with Crippen molar-refractivity contribution in [2.45, 2.75) is 13.3 Å². The molecule has 1 heterocycles. The highest BCUT2D eigenvalue weighted by molar-refractivity contribution is 5.88. The summed E-state index contributed by atoms with van der Waals surface area (Å²) in [5.74, 6) is -1.39. The Labute approximate surface area is 104 Å². The molecule has 2 aliphatic carbocycles. The second kappa shape index (κ2) is 3.80. The number of hydrogen-bond donors (Lipinski definition) is 1. The molecule has 5 heteroatoms. The van der Waals surface area contributed by atoms with Crippen LogP contribution < -0.4 is 0 Å². The Morgan fingerprint density at radius 3 is 2.56 bits per heavy atom. The Kier molecular flexibility index (Phi) is 2.36. The van der Waals surface area contributed by atoms with Gasteiger partial charge in [0.2, 0.25) is 5.91 Å². The number of fused-ring (bicyclic) bond motifs is 2. The van der Waals surface area contributed by atoms with Crippen LogP contribution >= 0.6 is 0 Å². The third kappa shape index (κ3) is 1.43. The van der Waals surface area contributed by atoms with Crippen molar-refractivity contribution in [1.82, 2.24) is 9.55 Å². The molecule has 0 spiro atoms. The van der Waals surface area contributed by atoms with Crippen LogP contribution in [-0.2, 0) is 4.79 Å². The van der Waals surface area contributed by atoms with Crippen molar-refractivity contribution in [1.29, 1.82) is 0 Å². The van der Waals surface area contributed by atoms with Gasteiger partial charge in [-0.2, -0.15) is 0 Å². The summed E-state index contributed by atoms with van der Waals surface area (Å²) in [5.41, 5.74) is 0. The number of rotatable bonds is 2. The summed E-state index contributed by atoms with van der Waals surface area (Å²) < 4.78 is 1.47. The third-order valence-corrected chi connectivity index (χ3v) is 4.09. The zero-order valence-corrected chi connectivity index (χ0v) is 9.98. The van der Waals surface area contributed by atoms with E-state index in [0.29, 0.717) is 5.82 Å². The molecule has 5 nitrogen and oxygen atoms in total. The molecule has 18 heavy (non-hydrogen) atoms. The maximum atomic E-state index is 12.5. The molecule has 3 rings (SSSR count). The van der Waals surface area contributed by atoms with E-state index in [4.69, 9.17) is 0 Å². The first-order chi connectivity index (χ1) is 8.59. The van der Waals surface area contributed by atoms with Gasteiger partial charge in [0, 0.05) is 12.4 Å². The van der Waals surface area contributed by atoms with E-state index in [1.807, 2.05) is 12.2 Å². The lowest BCUT2D eigenvalue weighted by Gasteiger charge is -2.23. The van der Waals surface area contributed by atoms with E-state index >= 15 is 0 Å². The fourth-order valence-electron chi connectivity index (χ4n) is 3.27. The lowest BCUT2D eigenvalue weighted by atomic mass is 9.82. The number of aryl methyl sites for hydroxylation is 1. The minimum Gasteiger partial charge on any atom is -0.481 e. The Bertz CT molecular complexity index is 546. The van der Waals surface area contributed by atoms with Crippen LogP contribution in [0.4, 0.5) is 0 Å². The standard InChI is InChI=1S/C13H14N2O3/c1-7-14-4-5-15(7)12(16)10-8-2-3-9(6-8)11(10)13(17)18/h2-5,8-11H,6H2,1H3,(H,17,18)/t8-,9-,10-,11-/m0/s1. The smallest absolute Gasteiger partial charge is 0.307 e. The molecule has 2 aliphatic rings. The highest BCUT2D eigenvalue weighted by Crippen LogP contribution is 2.48. The quantitative estimate of drug-likeness (QED) is 0.799. The van der Waals surface area contributed by atoms with Gasteiger partial charge in [-0.1, -0.05) is 12.2 Å². The summed E-state index contributed by atoms with van der Waals surface area (Å²) in [5, 5.41) is 9.31. The SMILES string of the molecule is Cc1nccn1C(=O)[C@@H]1[C@@H](C(=O)O)[C@H]2C=C[C@H]1C2. The van der Waals surface area contributed by atoms with Gasteiger partial charge in [-0.25, -0.2) is 4.98 Å². The number of carbonyl (C=O) groups excluding carboxylic acids is 1. The molecular formula is C13H14N2O3. The van der Waals surface area contributed by atoms with Gasteiger partial charge < -0.3 is 5.11 Å². The number of aromatic nitrogens is 2. The number of carboxylic acid groups (broad SMARTS) is 1. The monoisotopic (exact) mass is 246 g/mol. The highest BCUT2D eigenvalue weighted by Gasteiger charge is 2.52. The van der Waals surface area contributed by atoms with E-state index in [2.05, 4.69) is 4.98 Å². The molecule has 1 aromatic heterocycles. The van der Waals surface area contributed by atoms with E-state index in [0.717, 1.165) is 6.42 Å². The molecule has 1 N–H and O–H groups in total. The van der Waals surface area contributed by atoms with Crippen LogP contribution in [0.2, 0.25) is 0 Å². The molecular weight excluding hydrogens is 232 g/mol. The molecule has 0 saturated heterocycles. The predicted molar refractivity (Wildman–Crippen MR) is 62.9 cm³/mol. The predicted octanol–water partition coefficient (Wildman–Crippen LogP) is 1.35. The Morgan fingerprint density at radius 1 is 1.33 bits per heavy atom. The van der Waals surface area contributed by atoms with Crippen molar-refractivity contribution in [2.75, 3.05) is 0 Å². The minimum absolute atomic E-state index is 0.00489. The number of nitrogens with zero attached hydrogens (tertiary/aromatic N) is 2. The fraction of sp³-hybridized carbons (Fsp3) is 0.462. The second-order valence-electron chi connectivity index (χ2n) is 5.02. The van der Waals surface area contributed by atoms with Crippen molar-refractivity contribution in [3.8, 4) is 0 Å². The van der Waals surface area contributed by atoms with Crippen LogP contribution in [0.3, 0.4) is 0 Å². The lowest BCUT2D eigenvalue weighted by Crippen LogP contribution is -2.36. The number of carbonyl (C=O) groups is 2. The molecule has 0 radical (unpaired) electrons. The van der Waals surface area contributed by atoms with E-state index in [1.165, 1.54) is 4.57 Å². The Hall–Kier alpha value is -1.91. The first kappa shape index (κ1) is 11.2. The number of aliphatic carboxylic acids is 1. The van der Waals surface area contributed by atoms with Gasteiger partial charge in [0.05, 0.1) is 11.8 Å². The van der Waals surface area contributed by atoms with Crippen LogP contribution in [0.1, 0.15) is 17.0 Å². The Balaban J connectivity index is 1.96. The zero-order chi connectivity index (χ0) is 12.9. The number of allylic oxidation sites excluding steroid dienone is 2. The largest absolute Gasteiger partial charge is 0.481 e. The number of hydrogen-bond acceptors (Lipinski definition) is 3. The molecule has 0 unspecified atom stereocenters. The average Bonchev–Trinajstić information content (AvgIpc) is 3.01.